The zero-order valence-corrected chi connectivity index (χ0v) is 16.0. The fraction of sp³-hybridized carbons (Fsp3) is 0.650. The van der Waals surface area contributed by atoms with E-state index in [2.05, 4.69) is 5.32 Å². The summed E-state index contributed by atoms with van der Waals surface area (Å²) >= 11 is 0. The minimum absolute atomic E-state index is 0.0257. The van der Waals surface area contributed by atoms with Crippen molar-refractivity contribution in [3.05, 3.63) is 28.8 Å². The number of hydrogen-bond acceptors (Lipinski definition) is 3. The standard InChI is InChI=1S/C20H27F3N2O2/c1-12(2)19(6-4-15(10-19)24-3)18(27)25-7-5-16-13(11-25)8-14(9-17(16)26)20(21,22)23/h8-9,12,15,24,26H,4-7,10-11H2,1-3H3. The van der Waals surface area contributed by atoms with E-state index in [0.29, 0.717) is 24.1 Å². The van der Waals surface area contributed by atoms with Crippen molar-refractivity contribution in [2.45, 2.75) is 58.3 Å². The molecule has 1 aromatic carbocycles. The van der Waals surface area contributed by atoms with Gasteiger partial charge in [0.2, 0.25) is 5.91 Å². The number of alkyl halides is 3. The average Bonchev–Trinajstić information content (AvgIpc) is 3.05. The SMILES string of the molecule is CNC1CCC(C(=O)N2CCc3c(O)cc(C(F)(F)F)cc3C2)(C(C)C)C1. The fourth-order valence-electron chi connectivity index (χ4n) is 4.62. The number of carbonyl (C=O) groups excluding carboxylic acids is 1. The molecule has 2 atom stereocenters. The Morgan fingerprint density at radius 3 is 2.63 bits per heavy atom. The Bertz CT molecular complexity index is 733. The van der Waals surface area contributed by atoms with E-state index in [9.17, 15) is 23.1 Å². The predicted octanol–water partition coefficient (Wildman–Crippen LogP) is 3.71. The molecule has 1 heterocycles. The van der Waals surface area contributed by atoms with E-state index in [-0.39, 0.29) is 30.2 Å². The first-order valence-electron chi connectivity index (χ1n) is 9.47. The van der Waals surface area contributed by atoms with Gasteiger partial charge in [-0.05, 0) is 56.3 Å². The van der Waals surface area contributed by atoms with Gasteiger partial charge >= 0.3 is 6.18 Å². The van der Waals surface area contributed by atoms with Crippen LogP contribution in [-0.4, -0.2) is 35.5 Å². The quantitative estimate of drug-likeness (QED) is 0.835. The Labute approximate surface area is 157 Å². The highest BCUT2D eigenvalue weighted by atomic mass is 19.4. The van der Waals surface area contributed by atoms with Crippen LogP contribution in [-0.2, 0) is 23.9 Å². The Kier molecular flexibility index (Phi) is 5.18. The summed E-state index contributed by atoms with van der Waals surface area (Å²) in [6.45, 7) is 4.62. The van der Waals surface area contributed by atoms with Crippen molar-refractivity contribution in [1.82, 2.24) is 10.2 Å². The molecule has 1 aliphatic heterocycles. The van der Waals surface area contributed by atoms with Gasteiger partial charge in [0.1, 0.15) is 5.75 Å². The topological polar surface area (TPSA) is 52.6 Å². The third kappa shape index (κ3) is 3.53. The number of aromatic hydroxyl groups is 1. The number of carbonyl (C=O) groups is 1. The molecular weight excluding hydrogens is 357 g/mol. The van der Waals surface area contributed by atoms with Crippen LogP contribution in [0.2, 0.25) is 0 Å². The highest BCUT2D eigenvalue weighted by Crippen LogP contribution is 2.47. The molecule has 150 valence electrons. The number of benzene rings is 1. The first-order valence-corrected chi connectivity index (χ1v) is 9.47. The Morgan fingerprint density at radius 2 is 2.07 bits per heavy atom. The van der Waals surface area contributed by atoms with Gasteiger partial charge in [-0.3, -0.25) is 4.79 Å². The summed E-state index contributed by atoms with van der Waals surface area (Å²) in [4.78, 5) is 15.1. The summed E-state index contributed by atoms with van der Waals surface area (Å²) in [5, 5.41) is 13.3. The molecule has 2 aliphatic rings. The smallest absolute Gasteiger partial charge is 0.416 e. The highest BCUT2D eigenvalue weighted by Gasteiger charge is 2.49. The van der Waals surface area contributed by atoms with E-state index >= 15 is 0 Å². The molecule has 2 unspecified atom stereocenters. The summed E-state index contributed by atoms with van der Waals surface area (Å²) in [5.74, 6) is -0.154. The molecular formula is C20H27F3N2O2. The van der Waals surface area contributed by atoms with Crippen LogP contribution < -0.4 is 5.32 Å². The molecule has 1 saturated carbocycles. The monoisotopic (exact) mass is 384 g/mol. The van der Waals surface area contributed by atoms with Gasteiger partial charge in [0, 0.05) is 24.7 Å². The van der Waals surface area contributed by atoms with Crippen molar-refractivity contribution in [2.75, 3.05) is 13.6 Å². The van der Waals surface area contributed by atoms with Crippen LogP contribution in [0.3, 0.4) is 0 Å². The van der Waals surface area contributed by atoms with Crippen LogP contribution in [0.15, 0.2) is 12.1 Å². The van der Waals surface area contributed by atoms with Gasteiger partial charge in [0.15, 0.2) is 0 Å². The lowest BCUT2D eigenvalue weighted by Crippen LogP contribution is -2.48. The van der Waals surface area contributed by atoms with E-state index in [4.69, 9.17) is 0 Å². The van der Waals surface area contributed by atoms with Crippen LogP contribution in [0.1, 0.15) is 49.8 Å². The lowest BCUT2D eigenvalue weighted by atomic mass is 9.74. The van der Waals surface area contributed by atoms with Gasteiger partial charge in [-0.1, -0.05) is 13.8 Å². The summed E-state index contributed by atoms with van der Waals surface area (Å²) < 4.78 is 39.3. The Balaban J connectivity index is 1.89. The third-order valence-corrected chi connectivity index (χ3v) is 6.42. The molecule has 3 rings (SSSR count). The second-order valence-corrected chi connectivity index (χ2v) is 8.15. The lowest BCUT2D eigenvalue weighted by Gasteiger charge is -2.40. The van der Waals surface area contributed by atoms with Crippen molar-refractivity contribution < 1.29 is 23.1 Å². The van der Waals surface area contributed by atoms with Gasteiger partial charge in [-0.25, -0.2) is 0 Å². The average molecular weight is 384 g/mol. The van der Waals surface area contributed by atoms with Crippen molar-refractivity contribution in [2.24, 2.45) is 11.3 Å². The minimum atomic E-state index is -4.52. The van der Waals surface area contributed by atoms with Crippen LogP contribution >= 0.6 is 0 Å². The highest BCUT2D eigenvalue weighted by molar-refractivity contribution is 5.84. The van der Waals surface area contributed by atoms with Gasteiger partial charge < -0.3 is 15.3 Å². The van der Waals surface area contributed by atoms with Crippen molar-refractivity contribution in [1.29, 1.82) is 0 Å². The number of phenols is 1. The molecule has 1 aliphatic carbocycles. The summed E-state index contributed by atoms with van der Waals surface area (Å²) in [7, 11) is 1.89. The molecule has 1 amide bonds. The van der Waals surface area contributed by atoms with Gasteiger partial charge in [0.25, 0.3) is 0 Å². The van der Waals surface area contributed by atoms with E-state index in [1.807, 2.05) is 20.9 Å². The molecule has 7 heteroatoms. The van der Waals surface area contributed by atoms with Gasteiger partial charge in [-0.2, -0.15) is 13.2 Å². The number of rotatable bonds is 3. The fourth-order valence-corrected chi connectivity index (χ4v) is 4.62. The van der Waals surface area contributed by atoms with Crippen molar-refractivity contribution >= 4 is 5.91 Å². The maximum absolute atomic E-state index is 13.4. The van der Waals surface area contributed by atoms with E-state index in [0.717, 1.165) is 31.4 Å². The zero-order chi connectivity index (χ0) is 20.0. The summed E-state index contributed by atoms with van der Waals surface area (Å²) in [6.07, 6.45) is -1.70. The maximum Gasteiger partial charge on any atom is 0.416 e. The zero-order valence-electron chi connectivity index (χ0n) is 16.0. The number of phenolic OH excluding ortho intramolecular Hbond substituents is 1. The number of nitrogens with zero attached hydrogens (tertiary/aromatic N) is 1. The number of nitrogens with one attached hydrogen (secondary N) is 1. The second-order valence-electron chi connectivity index (χ2n) is 8.15. The van der Waals surface area contributed by atoms with Crippen molar-refractivity contribution in [3.63, 3.8) is 0 Å². The molecule has 2 N–H and O–H groups in total. The van der Waals surface area contributed by atoms with Crippen molar-refractivity contribution in [3.8, 4) is 5.75 Å². The molecule has 4 nitrogen and oxygen atoms in total. The molecule has 0 bridgehead atoms. The molecule has 0 radical (unpaired) electrons. The molecule has 0 aromatic heterocycles. The molecule has 0 saturated heterocycles. The number of halogens is 3. The minimum Gasteiger partial charge on any atom is -0.508 e. The van der Waals surface area contributed by atoms with E-state index in [1.54, 1.807) is 4.90 Å². The van der Waals surface area contributed by atoms with Crippen LogP contribution in [0.5, 0.6) is 5.75 Å². The Hall–Kier alpha value is -1.76. The van der Waals surface area contributed by atoms with Gasteiger partial charge in [0.05, 0.1) is 11.0 Å². The Morgan fingerprint density at radius 1 is 1.37 bits per heavy atom. The third-order valence-electron chi connectivity index (χ3n) is 6.42. The summed E-state index contributed by atoms with van der Waals surface area (Å²) in [6, 6.07) is 2.14. The molecule has 1 fully saturated rings. The number of hydrogen-bond donors (Lipinski definition) is 2. The van der Waals surface area contributed by atoms with E-state index < -0.39 is 17.2 Å². The molecule has 27 heavy (non-hydrogen) atoms. The lowest BCUT2D eigenvalue weighted by molar-refractivity contribution is -0.145. The van der Waals surface area contributed by atoms with Gasteiger partial charge in [-0.15, -0.1) is 0 Å². The van der Waals surface area contributed by atoms with Crippen LogP contribution in [0.4, 0.5) is 13.2 Å². The molecule has 1 aromatic rings. The number of amides is 1. The maximum atomic E-state index is 13.4. The van der Waals surface area contributed by atoms with E-state index in [1.165, 1.54) is 0 Å². The predicted molar refractivity (Wildman–Crippen MR) is 96.2 cm³/mol. The normalized spacial score (nSPS) is 25.7. The van der Waals surface area contributed by atoms with Crippen LogP contribution in [0.25, 0.3) is 0 Å². The first kappa shape index (κ1) is 20.0. The number of fused-ring (bicyclic) bond motifs is 1. The second kappa shape index (κ2) is 7.00. The largest absolute Gasteiger partial charge is 0.508 e. The first-order chi connectivity index (χ1) is 12.6. The van der Waals surface area contributed by atoms with Crippen LogP contribution in [0, 0.1) is 11.3 Å². The summed E-state index contributed by atoms with van der Waals surface area (Å²) in [5.41, 5.74) is -0.439. The molecule has 0 spiro atoms.